The minimum Gasteiger partial charge on any atom is -0.354 e. The SMILES string of the molecule is CNC(=O)/C(C#N)=c1\s/c(=C\c2ccccc2Cl)c(=O)n1-c1ccccc1. The van der Waals surface area contributed by atoms with Gasteiger partial charge in [-0.2, -0.15) is 5.26 Å². The maximum Gasteiger partial charge on any atom is 0.273 e. The van der Waals surface area contributed by atoms with Gasteiger partial charge in [0, 0.05) is 12.1 Å². The van der Waals surface area contributed by atoms with E-state index in [1.165, 1.54) is 11.6 Å². The summed E-state index contributed by atoms with van der Waals surface area (Å²) in [6, 6.07) is 17.9. The minimum atomic E-state index is -0.548. The van der Waals surface area contributed by atoms with Crippen LogP contribution in [0.1, 0.15) is 5.56 Å². The van der Waals surface area contributed by atoms with Gasteiger partial charge >= 0.3 is 0 Å². The molecule has 1 N–H and O–H groups in total. The van der Waals surface area contributed by atoms with Crippen molar-refractivity contribution in [1.82, 2.24) is 9.88 Å². The van der Waals surface area contributed by atoms with Gasteiger partial charge in [-0.1, -0.05) is 48.0 Å². The number of para-hydroxylation sites is 1. The number of benzene rings is 2. The van der Waals surface area contributed by atoms with E-state index in [2.05, 4.69) is 5.32 Å². The number of amides is 1. The van der Waals surface area contributed by atoms with E-state index >= 15 is 0 Å². The normalized spacial score (nSPS) is 12.4. The lowest BCUT2D eigenvalue weighted by Crippen LogP contribution is -2.33. The summed E-state index contributed by atoms with van der Waals surface area (Å²) < 4.78 is 2.02. The predicted octanol–water partition coefficient (Wildman–Crippen LogP) is 1.80. The molecule has 0 aliphatic rings. The Bertz CT molecular complexity index is 1220. The van der Waals surface area contributed by atoms with E-state index in [1.54, 1.807) is 48.5 Å². The Kier molecular flexibility index (Phi) is 5.55. The van der Waals surface area contributed by atoms with Crippen molar-refractivity contribution in [3.63, 3.8) is 0 Å². The van der Waals surface area contributed by atoms with Crippen molar-refractivity contribution in [1.29, 1.82) is 5.26 Å². The third-order valence-corrected chi connectivity index (χ3v) is 5.25. The van der Waals surface area contributed by atoms with Gasteiger partial charge in [0.25, 0.3) is 11.5 Å². The number of carbonyl (C=O) groups is 1. The Morgan fingerprint density at radius 1 is 1.19 bits per heavy atom. The van der Waals surface area contributed by atoms with Gasteiger partial charge in [-0.3, -0.25) is 14.2 Å². The van der Waals surface area contributed by atoms with Crippen LogP contribution in [0, 0.1) is 11.3 Å². The highest BCUT2D eigenvalue weighted by molar-refractivity contribution is 7.07. The molecule has 0 bridgehead atoms. The third-order valence-electron chi connectivity index (χ3n) is 3.81. The van der Waals surface area contributed by atoms with Gasteiger partial charge in [-0.15, -0.1) is 11.3 Å². The third kappa shape index (κ3) is 3.70. The fraction of sp³-hybridized carbons (Fsp3) is 0.0500. The van der Waals surface area contributed by atoms with Crippen LogP contribution in [0.2, 0.25) is 5.02 Å². The van der Waals surface area contributed by atoms with Gasteiger partial charge in [0.05, 0.1) is 10.2 Å². The zero-order valence-electron chi connectivity index (χ0n) is 14.3. The highest BCUT2D eigenvalue weighted by Gasteiger charge is 2.15. The van der Waals surface area contributed by atoms with E-state index in [0.29, 0.717) is 20.8 Å². The summed E-state index contributed by atoms with van der Waals surface area (Å²) in [5, 5.41) is 12.4. The molecule has 1 heterocycles. The van der Waals surface area contributed by atoms with Crippen molar-refractivity contribution in [3.8, 4) is 11.8 Å². The molecule has 0 fully saturated rings. The molecule has 1 amide bonds. The van der Waals surface area contributed by atoms with Gasteiger partial charge in [0.1, 0.15) is 10.7 Å². The van der Waals surface area contributed by atoms with Crippen LogP contribution in [0.3, 0.4) is 0 Å². The second-order valence-corrected chi connectivity index (χ2v) is 6.92. The molecule has 5 nitrogen and oxygen atoms in total. The second kappa shape index (κ2) is 8.04. The zero-order valence-corrected chi connectivity index (χ0v) is 15.8. The average Bonchev–Trinajstić information content (AvgIpc) is 3.00. The lowest BCUT2D eigenvalue weighted by molar-refractivity contribution is -0.115. The topological polar surface area (TPSA) is 74.9 Å². The van der Waals surface area contributed by atoms with Crippen molar-refractivity contribution >= 4 is 40.5 Å². The molecule has 27 heavy (non-hydrogen) atoms. The summed E-state index contributed by atoms with van der Waals surface area (Å²) in [7, 11) is 1.44. The standard InChI is InChI=1S/C20H14ClN3O2S/c1-23-18(25)15(12-22)20-24(14-8-3-2-4-9-14)19(26)17(27-20)11-13-7-5-6-10-16(13)21/h2-11H,1H3,(H,23,25)/b17-11-,20-15-. The first-order chi connectivity index (χ1) is 13.1. The van der Waals surface area contributed by atoms with Crippen molar-refractivity contribution in [2.75, 3.05) is 7.05 Å². The second-order valence-electron chi connectivity index (χ2n) is 5.48. The first-order valence-electron chi connectivity index (χ1n) is 7.97. The van der Waals surface area contributed by atoms with Crippen molar-refractivity contribution in [2.45, 2.75) is 0 Å². The molecule has 0 aliphatic carbocycles. The Balaban J connectivity index is 2.44. The van der Waals surface area contributed by atoms with E-state index in [0.717, 1.165) is 11.3 Å². The first-order valence-corrected chi connectivity index (χ1v) is 9.16. The maximum absolute atomic E-state index is 13.1. The molecule has 3 rings (SSSR count). The zero-order chi connectivity index (χ0) is 19.4. The Labute approximate surface area is 164 Å². The molecule has 3 aromatic rings. The van der Waals surface area contributed by atoms with Gasteiger partial charge in [-0.25, -0.2) is 0 Å². The molecule has 0 atom stereocenters. The van der Waals surface area contributed by atoms with Gasteiger partial charge in [0.2, 0.25) is 0 Å². The summed E-state index contributed by atoms with van der Waals surface area (Å²) in [6.45, 7) is 0. The Morgan fingerprint density at radius 2 is 1.85 bits per heavy atom. The van der Waals surface area contributed by atoms with Gasteiger partial charge < -0.3 is 5.32 Å². The van der Waals surface area contributed by atoms with Crippen LogP contribution in [-0.2, 0) is 4.79 Å². The maximum atomic E-state index is 13.1. The Morgan fingerprint density at radius 3 is 2.48 bits per heavy atom. The highest BCUT2D eigenvalue weighted by Crippen LogP contribution is 2.15. The minimum absolute atomic E-state index is 0.123. The highest BCUT2D eigenvalue weighted by atomic mass is 35.5. The molecule has 0 aliphatic heterocycles. The van der Waals surface area contributed by atoms with E-state index in [9.17, 15) is 14.9 Å². The molecule has 0 saturated heterocycles. The predicted molar refractivity (Wildman–Crippen MR) is 107 cm³/mol. The summed E-state index contributed by atoms with van der Waals surface area (Å²) in [4.78, 5) is 25.2. The smallest absolute Gasteiger partial charge is 0.273 e. The van der Waals surface area contributed by atoms with Crippen LogP contribution in [0.15, 0.2) is 59.4 Å². The van der Waals surface area contributed by atoms with E-state index in [1.807, 2.05) is 18.2 Å². The average molecular weight is 396 g/mol. The fourth-order valence-electron chi connectivity index (χ4n) is 2.52. The lowest BCUT2D eigenvalue weighted by atomic mass is 10.2. The lowest BCUT2D eigenvalue weighted by Gasteiger charge is -2.02. The first kappa shape index (κ1) is 18.6. The molecule has 7 heteroatoms. The van der Waals surface area contributed by atoms with Gasteiger partial charge in [-0.05, 0) is 29.8 Å². The number of halogens is 1. The molecule has 0 unspecified atom stereocenters. The Hall–Kier alpha value is -3.14. The molecule has 0 spiro atoms. The fourth-order valence-corrected chi connectivity index (χ4v) is 3.80. The monoisotopic (exact) mass is 395 g/mol. The number of nitriles is 1. The summed E-state index contributed by atoms with van der Waals surface area (Å²) in [6.07, 6.45) is 1.66. The van der Waals surface area contributed by atoms with Crippen LogP contribution >= 0.6 is 22.9 Å². The number of hydrogen-bond acceptors (Lipinski definition) is 4. The number of carbonyl (C=O) groups excluding carboxylic acids is 1. The van der Waals surface area contributed by atoms with Crippen LogP contribution in [0.5, 0.6) is 0 Å². The number of hydrogen-bond donors (Lipinski definition) is 1. The van der Waals surface area contributed by atoms with Crippen molar-refractivity contribution in [3.05, 3.63) is 84.7 Å². The molecule has 0 radical (unpaired) electrons. The van der Waals surface area contributed by atoms with E-state index in [4.69, 9.17) is 11.6 Å². The molecular weight excluding hydrogens is 382 g/mol. The van der Waals surface area contributed by atoms with E-state index < -0.39 is 5.91 Å². The number of nitrogens with one attached hydrogen (secondary N) is 1. The van der Waals surface area contributed by atoms with Crippen LogP contribution < -0.4 is 20.1 Å². The van der Waals surface area contributed by atoms with Crippen LogP contribution in [0.25, 0.3) is 17.3 Å². The quantitative estimate of drug-likeness (QED) is 0.734. The van der Waals surface area contributed by atoms with Crippen LogP contribution in [0.4, 0.5) is 0 Å². The summed E-state index contributed by atoms with van der Waals surface area (Å²) >= 11 is 7.27. The number of rotatable bonds is 3. The summed E-state index contributed by atoms with van der Waals surface area (Å²) in [5.41, 5.74) is 0.812. The molecule has 1 aromatic heterocycles. The van der Waals surface area contributed by atoms with E-state index in [-0.39, 0.29) is 15.8 Å². The number of aromatic nitrogens is 1. The molecule has 0 saturated carbocycles. The number of thiazole rings is 1. The van der Waals surface area contributed by atoms with Crippen LogP contribution in [-0.4, -0.2) is 17.5 Å². The molecular formula is C20H14ClN3O2S. The summed E-state index contributed by atoms with van der Waals surface area (Å²) in [5.74, 6) is -0.548. The van der Waals surface area contributed by atoms with Gasteiger partial charge in [0.15, 0.2) is 5.57 Å². The number of nitrogens with zero attached hydrogens (tertiary/aromatic N) is 2. The largest absolute Gasteiger partial charge is 0.354 e. The van der Waals surface area contributed by atoms with Crippen molar-refractivity contribution < 1.29 is 4.79 Å². The van der Waals surface area contributed by atoms with Crippen molar-refractivity contribution in [2.24, 2.45) is 0 Å². The molecule has 2 aromatic carbocycles. The molecule has 134 valence electrons.